The second-order valence-corrected chi connectivity index (χ2v) is 9.17. The van der Waals surface area contributed by atoms with E-state index in [1.807, 2.05) is 0 Å². The van der Waals surface area contributed by atoms with Gasteiger partial charge < -0.3 is 19.5 Å². The lowest BCUT2D eigenvalue weighted by molar-refractivity contribution is -0.212. The van der Waals surface area contributed by atoms with Gasteiger partial charge in [-0.2, -0.15) is 0 Å². The fourth-order valence-electron chi connectivity index (χ4n) is 7.52. The maximum absolute atomic E-state index is 12.7. The molecule has 2 heterocycles. The molecule has 0 radical (unpaired) electrons. The number of methoxy groups -OCH3 is 1. The fraction of sp³-hybridized carbons (Fsp3) is 0.591. The van der Waals surface area contributed by atoms with Crippen LogP contribution in [-0.4, -0.2) is 54.2 Å². The average Bonchev–Trinajstić information content (AvgIpc) is 3.03. The quantitative estimate of drug-likeness (QED) is 0.812. The van der Waals surface area contributed by atoms with E-state index >= 15 is 0 Å². The van der Waals surface area contributed by atoms with Crippen molar-refractivity contribution in [1.82, 2.24) is 4.90 Å². The minimum atomic E-state index is -0.770. The molecule has 1 aromatic rings. The first-order valence-electron chi connectivity index (χ1n) is 9.89. The van der Waals surface area contributed by atoms with Crippen LogP contribution in [0.1, 0.15) is 30.9 Å². The molecule has 5 heteroatoms. The van der Waals surface area contributed by atoms with Gasteiger partial charge in [0, 0.05) is 24.1 Å². The van der Waals surface area contributed by atoms with E-state index in [0.29, 0.717) is 11.8 Å². The minimum absolute atomic E-state index is 0.158. The predicted molar refractivity (Wildman–Crippen MR) is 99.0 cm³/mol. The minimum Gasteiger partial charge on any atom is -0.504 e. The number of hydrogen-bond acceptors (Lipinski definition) is 5. The average molecular weight is 367 g/mol. The first kappa shape index (κ1) is 16.1. The van der Waals surface area contributed by atoms with Gasteiger partial charge in [0.05, 0.1) is 11.3 Å². The zero-order valence-corrected chi connectivity index (χ0v) is 16.0. The number of ketones is 1. The highest BCUT2D eigenvalue weighted by molar-refractivity contribution is 5.82. The Labute approximate surface area is 158 Å². The Bertz CT molecular complexity index is 925. The van der Waals surface area contributed by atoms with Crippen LogP contribution in [0.3, 0.4) is 0 Å². The van der Waals surface area contributed by atoms with Crippen molar-refractivity contribution in [2.24, 2.45) is 11.3 Å². The van der Waals surface area contributed by atoms with Crippen LogP contribution in [0.5, 0.6) is 11.5 Å². The molecule has 4 aliphatic carbocycles. The van der Waals surface area contributed by atoms with Crippen LogP contribution < -0.4 is 4.74 Å². The summed E-state index contributed by atoms with van der Waals surface area (Å²) in [6.07, 6.45) is 6.85. The first-order valence-corrected chi connectivity index (χ1v) is 9.89. The Kier molecular flexibility index (Phi) is 2.74. The standard InChI is InChI=1S/C22H25NO4/c1-12(24)14-11-20-6-7-22(14,26-3)19-21(20)8-9-23(2)16(20)10-13-4-5-15(25)18(27-19)17(13)21/h4-7,14,16,19,25H,8-11H2,1-3H3/t14-,16+,19+,20+,21?,22+/m0/s1. The number of likely N-dealkylation sites (N-methyl/N-ethyl adjacent to an activating group) is 1. The molecule has 2 fully saturated rings. The molecule has 2 spiro atoms. The number of phenols is 1. The van der Waals surface area contributed by atoms with E-state index in [2.05, 4.69) is 30.2 Å². The van der Waals surface area contributed by atoms with Crippen molar-refractivity contribution in [3.63, 3.8) is 0 Å². The number of fused-ring (bicyclic) bond motifs is 1. The molecular weight excluding hydrogens is 342 g/mol. The van der Waals surface area contributed by atoms with Crippen molar-refractivity contribution in [2.45, 2.75) is 49.3 Å². The summed E-state index contributed by atoms with van der Waals surface area (Å²) in [7, 11) is 3.89. The number of aromatic hydroxyl groups is 1. The molecule has 0 aromatic heterocycles. The zero-order valence-electron chi connectivity index (χ0n) is 16.0. The van der Waals surface area contributed by atoms with Crippen LogP contribution >= 0.6 is 0 Å². The Morgan fingerprint density at radius 2 is 2.19 bits per heavy atom. The fourth-order valence-corrected chi connectivity index (χ4v) is 7.52. The maximum atomic E-state index is 12.7. The van der Waals surface area contributed by atoms with Crippen LogP contribution in [-0.2, 0) is 21.4 Å². The molecule has 6 atom stereocenters. The Hall–Kier alpha value is -1.85. The van der Waals surface area contributed by atoms with E-state index in [1.165, 1.54) is 11.1 Å². The van der Waals surface area contributed by atoms with E-state index in [1.54, 1.807) is 20.1 Å². The van der Waals surface area contributed by atoms with E-state index < -0.39 is 5.60 Å². The maximum Gasteiger partial charge on any atom is 0.165 e. The van der Waals surface area contributed by atoms with Gasteiger partial charge in [0.25, 0.3) is 0 Å². The first-order chi connectivity index (χ1) is 12.9. The molecule has 1 saturated heterocycles. The van der Waals surface area contributed by atoms with Crippen molar-refractivity contribution >= 4 is 5.78 Å². The van der Waals surface area contributed by atoms with Gasteiger partial charge in [-0.05, 0) is 51.4 Å². The van der Waals surface area contributed by atoms with Crippen molar-refractivity contribution in [1.29, 1.82) is 0 Å². The van der Waals surface area contributed by atoms with Crippen molar-refractivity contribution in [2.75, 3.05) is 20.7 Å². The lowest BCUT2D eigenvalue weighted by Gasteiger charge is -2.70. The molecule has 4 bridgehead atoms. The Morgan fingerprint density at radius 3 is 2.93 bits per heavy atom. The molecule has 1 saturated carbocycles. The highest BCUT2D eigenvalue weighted by Crippen LogP contribution is 2.74. The molecule has 1 unspecified atom stereocenters. The van der Waals surface area contributed by atoms with Gasteiger partial charge in [-0.1, -0.05) is 18.2 Å². The number of piperidine rings is 1. The normalized spacial score (nSPS) is 45.5. The third-order valence-electron chi connectivity index (χ3n) is 8.56. The Morgan fingerprint density at radius 1 is 1.37 bits per heavy atom. The van der Waals surface area contributed by atoms with Gasteiger partial charge in [-0.25, -0.2) is 0 Å². The predicted octanol–water partition coefficient (Wildman–Crippen LogP) is 2.20. The van der Waals surface area contributed by atoms with Crippen molar-refractivity contribution < 1.29 is 19.4 Å². The highest BCUT2D eigenvalue weighted by atomic mass is 16.6. The lowest BCUT2D eigenvalue weighted by Crippen LogP contribution is -2.79. The van der Waals surface area contributed by atoms with Gasteiger partial charge in [-0.15, -0.1) is 0 Å². The number of carbonyl (C=O) groups is 1. The number of likely N-dealkylation sites (tertiary alicyclic amines) is 1. The molecule has 6 aliphatic rings. The molecule has 142 valence electrons. The number of Topliss-reactive ketones (excluding diaryl/α,β-unsaturated/α-hetero) is 1. The smallest absolute Gasteiger partial charge is 0.165 e. The number of rotatable bonds is 2. The topological polar surface area (TPSA) is 59.0 Å². The summed E-state index contributed by atoms with van der Waals surface area (Å²) in [4.78, 5) is 15.2. The van der Waals surface area contributed by atoms with Gasteiger partial charge >= 0.3 is 0 Å². The van der Waals surface area contributed by atoms with Crippen LogP contribution in [0.15, 0.2) is 24.3 Å². The van der Waals surface area contributed by atoms with Crippen molar-refractivity contribution in [3.8, 4) is 11.5 Å². The zero-order chi connectivity index (χ0) is 18.8. The molecule has 2 aliphatic heterocycles. The summed E-state index contributed by atoms with van der Waals surface area (Å²) in [6.45, 7) is 2.66. The van der Waals surface area contributed by atoms with Crippen molar-refractivity contribution in [3.05, 3.63) is 35.4 Å². The number of nitrogens with zero attached hydrogens (tertiary/aromatic N) is 1. The van der Waals surface area contributed by atoms with E-state index in [4.69, 9.17) is 9.47 Å². The summed E-state index contributed by atoms with van der Waals surface area (Å²) < 4.78 is 12.7. The Balaban J connectivity index is 1.73. The SMILES string of the molecule is CO[C@]12C=C[C@@]3(C[C@H]1C(C)=O)[C@H]1Cc4ccc(O)c5c4C3(CCN1C)[C@H]2O5. The molecular formula is C22H25NO4. The van der Waals surface area contributed by atoms with E-state index in [-0.39, 0.29) is 34.4 Å². The summed E-state index contributed by atoms with van der Waals surface area (Å²) in [6, 6.07) is 4.15. The van der Waals surface area contributed by atoms with Gasteiger partial charge in [-0.3, -0.25) is 4.79 Å². The molecule has 5 nitrogen and oxygen atoms in total. The number of carbonyl (C=O) groups excluding carboxylic acids is 1. The second kappa shape index (κ2) is 4.58. The summed E-state index contributed by atoms with van der Waals surface area (Å²) in [5, 5.41) is 10.6. The molecule has 1 aromatic carbocycles. The molecule has 1 N–H and O–H groups in total. The lowest BCUT2D eigenvalue weighted by atomic mass is 9.37. The van der Waals surface area contributed by atoms with E-state index in [0.717, 1.165) is 25.8 Å². The third kappa shape index (κ3) is 1.43. The largest absolute Gasteiger partial charge is 0.504 e. The highest BCUT2D eigenvalue weighted by Gasteiger charge is 2.79. The van der Waals surface area contributed by atoms with Gasteiger partial charge in [0.15, 0.2) is 11.5 Å². The molecule has 27 heavy (non-hydrogen) atoms. The summed E-state index contributed by atoms with van der Waals surface area (Å²) in [5.41, 5.74) is 1.30. The van der Waals surface area contributed by atoms with Crippen LogP contribution in [0.4, 0.5) is 0 Å². The molecule has 0 amide bonds. The van der Waals surface area contributed by atoms with Crippen LogP contribution in [0, 0.1) is 11.3 Å². The van der Waals surface area contributed by atoms with Crippen LogP contribution in [0.2, 0.25) is 0 Å². The number of phenolic OH excluding ortho intramolecular Hbond substituents is 1. The summed E-state index contributed by atoms with van der Waals surface area (Å²) in [5.74, 6) is 0.762. The molecule has 7 rings (SSSR count). The third-order valence-corrected chi connectivity index (χ3v) is 8.56. The van der Waals surface area contributed by atoms with Crippen LogP contribution in [0.25, 0.3) is 0 Å². The van der Waals surface area contributed by atoms with E-state index in [9.17, 15) is 9.90 Å². The number of benzene rings is 1. The van der Waals surface area contributed by atoms with Gasteiger partial charge in [0.2, 0.25) is 0 Å². The number of hydrogen-bond donors (Lipinski definition) is 1. The number of ether oxygens (including phenoxy) is 2. The van der Waals surface area contributed by atoms with Gasteiger partial charge in [0.1, 0.15) is 17.5 Å². The summed E-state index contributed by atoms with van der Waals surface area (Å²) >= 11 is 0. The monoisotopic (exact) mass is 367 g/mol. The second-order valence-electron chi connectivity index (χ2n) is 9.17.